The van der Waals surface area contributed by atoms with Crippen molar-refractivity contribution in [2.45, 2.75) is 13.8 Å². The number of carbonyl (C=O) groups excluding carboxylic acids is 2. The topological polar surface area (TPSA) is 64.6 Å². The number of benzene rings is 1. The zero-order valence-corrected chi connectivity index (χ0v) is 16.4. The molecule has 0 fully saturated rings. The molecule has 1 aromatic carbocycles. The van der Waals surface area contributed by atoms with Crippen LogP contribution in [-0.2, 0) is 9.53 Å². The number of ether oxygens (including phenoxy) is 2. The van der Waals surface area contributed by atoms with Gasteiger partial charge in [-0.2, -0.15) is 0 Å². The third-order valence-electron chi connectivity index (χ3n) is 3.28. The van der Waals surface area contributed by atoms with E-state index in [1.807, 2.05) is 13.8 Å². The van der Waals surface area contributed by atoms with Gasteiger partial charge in [-0.15, -0.1) is 11.3 Å². The molecule has 0 bridgehead atoms. The summed E-state index contributed by atoms with van der Waals surface area (Å²) in [6, 6.07) is 5.01. The van der Waals surface area contributed by atoms with Crippen LogP contribution in [0, 0.1) is 13.8 Å². The third kappa shape index (κ3) is 4.28. The van der Waals surface area contributed by atoms with Crippen molar-refractivity contribution < 1.29 is 19.1 Å². The number of rotatable bonds is 5. The van der Waals surface area contributed by atoms with Crippen LogP contribution in [0.3, 0.4) is 0 Å². The van der Waals surface area contributed by atoms with Crippen molar-refractivity contribution >= 4 is 55.7 Å². The van der Waals surface area contributed by atoms with E-state index in [1.165, 1.54) is 18.4 Å². The van der Waals surface area contributed by atoms with Gasteiger partial charge in [0.05, 0.1) is 17.1 Å². The lowest BCUT2D eigenvalue weighted by Gasteiger charge is -2.09. The SMILES string of the molecule is COC(=O)c1c(NC(=O)COc2ccc(Cl)cc2Br)sc(C)c1C. The minimum atomic E-state index is -0.478. The van der Waals surface area contributed by atoms with E-state index in [2.05, 4.69) is 21.2 Å². The Labute approximate surface area is 157 Å². The Hall–Kier alpha value is -1.57. The molecule has 1 N–H and O–H groups in total. The van der Waals surface area contributed by atoms with Gasteiger partial charge in [0.25, 0.3) is 5.91 Å². The molecule has 2 rings (SSSR count). The molecule has 128 valence electrons. The Kier molecular flexibility index (Phi) is 6.26. The first kappa shape index (κ1) is 18.8. The number of thiophene rings is 1. The minimum absolute atomic E-state index is 0.198. The predicted octanol–water partition coefficient (Wildman–Crippen LogP) is 4.58. The maximum atomic E-state index is 12.1. The summed E-state index contributed by atoms with van der Waals surface area (Å²) in [4.78, 5) is 25.0. The molecule has 1 amide bonds. The van der Waals surface area contributed by atoms with E-state index >= 15 is 0 Å². The van der Waals surface area contributed by atoms with Gasteiger partial charge in [0, 0.05) is 9.90 Å². The fourth-order valence-corrected chi connectivity index (χ4v) is 3.82. The van der Waals surface area contributed by atoms with Crippen molar-refractivity contribution in [2.24, 2.45) is 0 Å². The highest BCUT2D eigenvalue weighted by molar-refractivity contribution is 9.10. The molecule has 1 aromatic heterocycles. The highest BCUT2D eigenvalue weighted by Gasteiger charge is 2.21. The van der Waals surface area contributed by atoms with Gasteiger partial charge in [-0.1, -0.05) is 11.6 Å². The number of carbonyl (C=O) groups is 2. The summed E-state index contributed by atoms with van der Waals surface area (Å²) < 4.78 is 10.9. The summed E-state index contributed by atoms with van der Waals surface area (Å²) in [5.41, 5.74) is 1.17. The lowest BCUT2D eigenvalue weighted by Crippen LogP contribution is -2.21. The van der Waals surface area contributed by atoms with E-state index in [-0.39, 0.29) is 12.5 Å². The molecule has 2 aromatic rings. The second kappa shape index (κ2) is 8.00. The number of aryl methyl sites for hydroxylation is 1. The monoisotopic (exact) mass is 431 g/mol. The lowest BCUT2D eigenvalue weighted by molar-refractivity contribution is -0.118. The highest BCUT2D eigenvalue weighted by Crippen LogP contribution is 2.33. The summed E-state index contributed by atoms with van der Waals surface area (Å²) in [5, 5.41) is 3.72. The Balaban J connectivity index is 2.07. The molecule has 0 saturated carbocycles. The Bertz CT molecular complexity index is 791. The van der Waals surface area contributed by atoms with Crippen LogP contribution in [0.4, 0.5) is 5.00 Å². The first-order valence-electron chi connectivity index (χ1n) is 6.89. The molecule has 0 aliphatic heterocycles. The van der Waals surface area contributed by atoms with Crippen molar-refractivity contribution in [3.8, 4) is 5.75 Å². The van der Waals surface area contributed by atoms with Crippen LogP contribution in [0.15, 0.2) is 22.7 Å². The van der Waals surface area contributed by atoms with Gasteiger partial charge >= 0.3 is 5.97 Å². The van der Waals surface area contributed by atoms with Crippen molar-refractivity contribution in [1.29, 1.82) is 0 Å². The maximum Gasteiger partial charge on any atom is 0.341 e. The quantitative estimate of drug-likeness (QED) is 0.702. The Morgan fingerprint density at radius 3 is 2.67 bits per heavy atom. The minimum Gasteiger partial charge on any atom is -0.483 e. The number of halogens is 2. The molecule has 1 heterocycles. The summed E-state index contributed by atoms with van der Waals surface area (Å²) in [5.74, 6) is -0.349. The second-order valence-electron chi connectivity index (χ2n) is 4.89. The number of nitrogens with one attached hydrogen (secondary N) is 1. The molecule has 0 radical (unpaired) electrons. The molecule has 8 heteroatoms. The number of anilines is 1. The highest BCUT2D eigenvalue weighted by atomic mass is 79.9. The average molecular weight is 433 g/mol. The van der Waals surface area contributed by atoms with E-state index in [0.29, 0.717) is 25.8 Å². The van der Waals surface area contributed by atoms with Gasteiger partial charge in [0.2, 0.25) is 0 Å². The van der Waals surface area contributed by atoms with Crippen LogP contribution < -0.4 is 10.1 Å². The normalized spacial score (nSPS) is 10.4. The molecule has 0 atom stereocenters. The molecule has 24 heavy (non-hydrogen) atoms. The molecule has 0 spiro atoms. The first-order valence-corrected chi connectivity index (χ1v) is 8.88. The molecule has 0 aliphatic carbocycles. The Morgan fingerprint density at radius 2 is 2.04 bits per heavy atom. The van der Waals surface area contributed by atoms with Crippen LogP contribution in [0.25, 0.3) is 0 Å². The smallest absolute Gasteiger partial charge is 0.341 e. The molecular formula is C16H15BrClNO4S. The fourth-order valence-electron chi connectivity index (χ4n) is 1.96. The molecule has 0 aliphatic rings. The summed E-state index contributed by atoms with van der Waals surface area (Å²) in [6.45, 7) is 3.50. The van der Waals surface area contributed by atoms with Crippen molar-refractivity contribution in [3.05, 3.63) is 43.7 Å². The van der Waals surface area contributed by atoms with Gasteiger partial charge < -0.3 is 14.8 Å². The van der Waals surface area contributed by atoms with Gasteiger partial charge in [0.15, 0.2) is 6.61 Å². The van der Waals surface area contributed by atoms with Crippen LogP contribution in [0.5, 0.6) is 5.75 Å². The van der Waals surface area contributed by atoms with E-state index in [9.17, 15) is 9.59 Å². The molecule has 0 unspecified atom stereocenters. The fraction of sp³-hybridized carbons (Fsp3) is 0.250. The first-order chi connectivity index (χ1) is 11.3. The number of esters is 1. The van der Waals surface area contributed by atoms with E-state index in [1.54, 1.807) is 18.2 Å². The van der Waals surface area contributed by atoms with E-state index in [4.69, 9.17) is 21.1 Å². The van der Waals surface area contributed by atoms with E-state index in [0.717, 1.165) is 10.4 Å². The van der Waals surface area contributed by atoms with Gasteiger partial charge in [-0.3, -0.25) is 4.79 Å². The zero-order valence-electron chi connectivity index (χ0n) is 13.2. The lowest BCUT2D eigenvalue weighted by atomic mass is 10.1. The predicted molar refractivity (Wildman–Crippen MR) is 98.4 cm³/mol. The van der Waals surface area contributed by atoms with E-state index < -0.39 is 5.97 Å². The average Bonchev–Trinajstić information content (AvgIpc) is 2.80. The van der Waals surface area contributed by atoms with Crippen LogP contribution in [0.1, 0.15) is 20.8 Å². The van der Waals surface area contributed by atoms with Gasteiger partial charge in [-0.05, 0) is 53.5 Å². The number of methoxy groups -OCH3 is 1. The second-order valence-corrected chi connectivity index (χ2v) is 7.41. The maximum absolute atomic E-state index is 12.1. The standard InChI is InChI=1S/C16H15BrClNO4S/c1-8-9(2)24-15(14(8)16(21)22-3)19-13(20)7-23-12-5-4-10(18)6-11(12)17/h4-6H,7H2,1-3H3,(H,19,20). The van der Waals surface area contributed by atoms with Crippen molar-refractivity contribution in [1.82, 2.24) is 0 Å². The third-order valence-corrected chi connectivity index (χ3v) is 5.26. The zero-order chi connectivity index (χ0) is 17.9. The summed E-state index contributed by atoms with van der Waals surface area (Å²) >= 11 is 10.5. The molecular weight excluding hydrogens is 418 g/mol. The largest absolute Gasteiger partial charge is 0.483 e. The summed E-state index contributed by atoms with van der Waals surface area (Å²) in [6.07, 6.45) is 0. The van der Waals surface area contributed by atoms with Crippen LogP contribution in [-0.4, -0.2) is 25.6 Å². The molecule has 5 nitrogen and oxygen atoms in total. The van der Waals surface area contributed by atoms with Crippen molar-refractivity contribution in [3.63, 3.8) is 0 Å². The summed E-state index contributed by atoms with van der Waals surface area (Å²) in [7, 11) is 1.31. The molecule has 0 saturated heterocycles. The number of hydrogen-bond acceptors (Lipinski definition) is 5. The Morgan fingerprint density at radius 1 is 1.33 bits per heavy atom. The van der Waals surface area contributed by atoms with Crippen LogP contribution in [0.2, 0.25) is 5.02 Å². The van der Waals surface area contributed by atoms with Crippen LogP contribution >= 0.6 is 38.9 Å². The van der Waals surface area contributed by atoms with Crippen molar-refractivity contribution in [2.75, 3.05) is 19.0 Å². The van der Waals surface area contributed by atoms with Gasteiger partial charge in [0.1, 0.15) is 10.8 Å². The van der Waals surface area contributed by atoms with Gasteiger partial charge in [-0.25, -0.2) is 4.79 Å². The number of amides is 1. The number of hydrogen-bond donors (Lipinski definition) is 1.